The van der Waals surface area contributed by atoms with E-state index in [0.29, 0.717) is 17.3 Å². The van der Waals surface area contributed by atoms with Gasteiger partial charge < -0.3 is 5.73 Å². The Labute approximate surface area is 70.4 Å². The van der Waals surface area contributed by atoms with Crippen LogP contribution in [0.25, 0.3) is 0 Å². The van der Waals surface area contributed by atoms with Crippen LogP contribution in [0.5, 0.6) is 0 Å². The van der Waals surface area contributed by atoms with Crippen molar-refractivity contribution in [2.45, 2.75) is 0 Å². The van der Waals surface area contributed by atoms with Gasteiger partial charge in [-0.15, -0.1) is 0 Å². The first-order chi connectivity index (χ1) is 5.33. The Morgan fingerprint density at radius 2 is 2.36 bits per heavy atom. The summed E-state index contributed by atoms with van der Waals surface area (Å²) < 4.78 is 0. The molecule has 0 unspecified atom stereocenters. The number of rotatable bonds is 0. The lowest BCUT2D eigenvalue weighted by Crippen LogP contribution is -1.93. The van der Waals surface area contributed by atoms with Crippen molar-refractivity contribution in [1.82, 2.24) is 4.98 Å². The molecule has 2 N–H and O–H groups in total. The van der Waals surface area contributed by atoms with Crippen molar-refractivity contribution < 1.29 is 0 Å². The van der Waals surface area contributed by atoms with Crippen LogP contribution in [0, 0.1) is 11.8 Å². The molecule has 1 heterocycles. The number of nitrogens with two attached hydrogens (primary N) is 1. The van der Waals surface area contributed by atoms with E-state index >= 15 is 0 Å². The molecular weight excluding hydrogens is 160 g/mol. The summed E-state index contributed by atoms with van der Waals surface area (Å²) in [6, 6.07) is 3.50. The van der Waals surface area contributed by atoms with Gasteiger partial charge in [-0.2, -0.15) is 0 Å². The summed E-state index contributed by atoms with van der Waals surface area (Å²) in [5, 5.41) is 0.614. The second kappa shape index (κ2) is 3.97. The van der Waals surface area contributed by atoms with Gasteiger partial charge in [0, 0.05) is 6.20 Å². The van der Waals surface area contributed by atoms with E-state index in [4.69, 9.17) is 17.3 Å². The van der Waals surface area contributed by atoms with Crippen LogP contribution >= 0.6 is 11.6 Å². The zero-order chi connectivity index (χ0) is 8.10. The molecule has 0 amide bonds. The first kappa shape index (κ1) is 8.06. The topological polar surface area (TPSA) is 38.9 Å². The minimum atomic E-state index is 0.351. The molecule has 0 aliphatic rings. The summed E-state index contributed by atoms with van der Waals surface area (Å²) in [6.45, 7) is 0.351. The van der Waals surface area contributed by atoms with Crippen LogP contribution in [0.15, 0.2) is 18.3 Å². The zero-order valence-electron chi connectivity index (χ0n) is 5.84. The first-order valence-corrected chi connectivity index (χ1v) is 3.51. The molecule has 2 nitrogen and oxygen atoms in total. The number of nitrogens with zero attached hydrogens (tertiary/aromatic N) is 1. The van der Waals surface area contributed by atoms with E-state index in [1.807, 2.05) is 0 Å². The van der Waals surface area contributed by atoms with E-state index in [0.717, 1.165) is 0 Å². The molecule has 0 saturated heterocycles. The van der Waals surface area contributed by atoms with Crippen LogP contribution in [0.1, 0.15) is 5.69 Å². The summed E-state index contributed by atoms with van der Waals surface area (Å²) in [5.74, 6) is 5.48. The summed E-state index contributed by atoms with van der Waals surface area (Å²) in [6.07, 6.45) is 1.56. The normalized spacial score (nSPS) is 8.55. The molecule has 0 radical (unpaired) electrons. The summed E-state index contributed by atoms with van der Waals surface area (Å²) >= 11 is 5.61. The largest absolute Gasteiger partial charge is 0.320 e. The number of hydrogen-bond donors (Lipinski definition) is 1. The summed E-state index contributed by atoms with van der Waals surface area (Å²) in [4.78, 5) is 3.95. The Morgan fingerprint density at radius 3 is 2.91 bits per heavy atom. The molecular formula is C8H7ClN2. The van der Waals surface area contributed by atoms with Crippen LogP contribution in [0.2, 0.25) is 5.02 Å². The van der Waals surface area contributed by atoms with Gasteiger partial charge in [0.05, 0.1) is 11.6 Å². The summed E-state index contributed by atoms with van der Waals surface area (Å²) in [7, 11) is 0. The van der Waals surface area contributed by atoms with Crippen LogP contribution in [-0.2, 0) is 0 Å². The summed E-state index contributed by atoms with van der Waals surface area (Å²) in [5.41, 5.74) is 5.87. The minimum Gasteiger partial charge on any atom is -0.320 e. The maximum Gasteiger partial charge on any atom is 0.113 e. The zero-order valence-corrected chi connectivity index (χ0v) is 6.60. The van der Waals surface area contributed by atoms with Crippen molar-refractivity contribution >= 4 is 11.6 Å². The Hall–Kier alpha value is -1.04. The second-order valence-electron chi connectivity index (χ2n) is 1.87. The number of hydrogen-bond acceptors (Lipinski definition) is 2. The van der Waals surface area contributed by atoms with E-state index in [-0.39, 0.29) is 0 Å². The number of halogens is 1. The highest BCUT2D eigenvalue weighted by Crippen LogP contribution is 2.04. The lowest BCUT2D eigenvalue weighted by atomic mass is 10.3. The average molecular weight is 167 g/mol. The monoisotopic (exact) mass is 166 g/mol. The average Bonchev–Trinajstić information content (AvgIpc) is 2.04. The third kappa shape index (κ3) is 2.58. The van der Waals surface area contributed by atoms with Crippen molar-refractivity contribution in [2.75, 3.05) is 6.54 Å². The highest BCUT2D eigenvalue weighted by Gasteiger charge is 1.87. The maximum absolute atomic E-state index is 5.61. The molecule has 0 saturated carbocycles. The van der Waals surface area contributed by atoms with Gasteiger partial charge in [0.25, 0.3) is 0 Å². The van der Waals surface area contributed by atoms with Gasteiger partial charge in [-0.25, -0.2) is 4.98 Å². The van der Waals surface area contributed by atoms with Gasteiger partial charge >= 0.3 is 0 Å². The van der Waals surface area contributed by atoms with Gasteiger partial charge in [-0.1, -0.05) is 17.5 Å². The smallest absolute Gasteiger partial charge is 0.113 e. The molecule has 0 bridgehead atoms. The van der Waals surface area contributed by atoms with E-state index in [2.05, 4.69) is 16.8 Å². The SMILES string of the molecule is NCC#Cc1ccc(Cl)cn1. The highest BCUT2D eigenvalue weighted by atomic mass is 35.5. The quantitative estimate of drug-likeness (QED) is 0.585. The third-order valence-electron chi connectivity index (χ3n) is 1.05. The molecule has 0 fully saturated rings. The van der Waals surface area contributed by atoms with Crippen LogP contribution < -0.4 is 5.73 Å². The maximum atomic E-state index is 5.61. The predicted molar refractivity (Wildman–Crippen MR) is 45.2 cm³/mol. The fraction of sp³-hybridized carbons (Fsp3) is 0.125. The van der Waals surface area contributed by atoms with Crippen LogP contribution in [0.3, 0.4) is 0 Å². The molecule has 3 heteroatoms. The lowest BCUT2D eigenvalue weighted by molar-refractivity contribution is 1.27. The van der Waals surface area contributed by atoms with Crippen molar-refractivity contribution in [3.8, 4) is 11.8 Å². The molecule has 11 heavy (non-hydrogen) atoms. The van der Waals surface area contributed by atoms with E-state index in [1.165, 1.54) is 0 Å². The molecule has 56 valence electrons. The van der Waals surface area contributed by atoms with E-state index < -0.39 is 0 Å². The molecule has 0 spiro atoms. The Morgan fingerprint density at radius 1 is 1.55 bits per heavy atom. The molecule has 0 aliphatic carbocycles. The van der Waals surface area contributed by atoms with Crippen LogP contribution in [0.4, 0.5) is 0 Å². The lowest BCUT2D eigenvalue weighted by Gasteiger charge is -1.88. The third-order valence-corrected chi connectivity index (χ3v) is 1.27. The number of aromatic nitrogens is 1. The van der Waals surface area contributed by atoms with Crippen molar-refractivity contribution in [3.05, 3.63) is 29.0 Å². The number of pyridine rings is 1. The predicted octanol–water partition coefficient (Wildman–Crippen LogP) is 1.05. The minimum absolute atomic E-state index is 0.351. The van der Waals surface area contributed by atoms with E-state index in [1.54, 1.807) is 18.3 Å². The van der Waals surface area contributed by atoms with E-state index in [9.17, 15) is 0 Å². The fourth-order valence-electron chi connectivity index (χ4n) is 0.591. The molecule has 0 atom stereocenters. The second-order valence-corrected chi connectivity index (χ2v) is 2.30. The van der Waals surface area contributed by atoms with Crippen molar-refractivity contribution in [2.24, 2.45) is 5.73 Å². The molecule has 1 aromatic heterocycles. The standard InChI is InChI=1S/C8H7ClN2/c9-7-3-4-8(11-6-7)2-1-5-10/h3-4,6H,5,10H2. The van der Waals surface area contributed by atoms with Gasteiger partial charge in [0.1, 0.15) is 5.69 Å². The molecule has 0 aromatic carbocycles. The molecule has 0 aliphatic heterocycles. The van der Waals surface area contributed by atoms with Crippen LogP contribution in [-0.4, -0.2) is 11.5 Å². The van der Waals surface area contributed by atoms with Crippen molar-refractivity contribution in [1.29, 1.82) is 0 Å². The molecule has 1 rings (SSSR count). The van der Waals surface area contributed by atoms with Crippen molar-refractivity contribution in [3.63, 3.8) is 0 Å². The highest BCUT2D eigenvalue weighted by molar-refractivity contribution is 6.30. The van der Waals surface area contributed by atoms with Gasteiger partial charge in [0.15, 0.2) is 0 Å². The Bertz CT molecular complexity index is 281. The Kier molecular flexibility index (Phi) is 2.91. The molecule has 1 aromatic rings. The Balaban J connectivity index is 2.82. The fourth-order valence-corrected chi connectivity index (χ4v) is 0.703. The first-order valence-electron chi connectivity index (χ1n) is 3.13. The van der Waals surface area contributed by atoms with Gasteiger partial charge in [0.2, 0.25) is 0 Å². The van der Waals surface area contributed by atoms with Gasteiger partial charge in [-0.05, 0) is 18.1 Å². The van der Waals surface area contributed by atoms with Gasteiger partial charge in [-0.3, -0.25) is 0 Å².